The van der Waals surface area contributed by atoms with Crippen LogP contribution in [0, 0.1) is 0 Å². The fourth-order valence-electron chi connectivity index (χ4n) is 1.78. The minimum Gasteiger partial charge on any atom is -0.465 e. The lowest BCUT2D eigenvalue weighted by Gasteiger charge is -1.98. The third kappa shape index (κ3) is 3.45. The molecule has 7 nitrogen and oxygen atoms in total. The Kier molecular flexibility index (Phi) is 4.05. The summed E-state index contributed by atoms with van der Waals surface area (Å²) >= 11 is 0. The third-order valence-electron chi connectivity index (χ3n) is 2.84. The zero-order valence-electron chi connectivity index (χ0n) is 11.6. The highest BCUT2D eigenvalue weighted by Gasteiger charge is 2.04. The molecule has 0 bridgehead atoms. The third-order valence-corrected chi connectivity index (χ3v) is 2.84. The van der Waals surface area contributed by atoms with Gasteiger partial charge in [-0.2, -0.15) is 0 Å². The van der Waals surface area contributed by atoms with E-state index in [4.69, 9.17) is 4.42 Å². The molecule has 3 aromatic rings. The van der Waals surface area contributed by atoms with Gasteiger partial charge in [0.2, 0.25) is 5.91 Å². The summed E-state index contributed by atoms with van der Waals surface area (Å²) in [6, 6.07) is 7.21. The van der Waals surface area contributed by atoms with Crippen LogP contribution in [0.3, 0.4) is 0 Å². The molecule has 22 heavy (non-hydrogen) atoms. The van der Waals surface area contributed by atoms with Crippen molar-refractivity contribution in [2.45, 2.75) is 6.54 Å². The summed E-state index contributed by atoms with van der Waals surface area (Å²) in [5, 5.41) is 10.7. The highest BCUT2D eigenvalue weighted by atomic mass is 16.3. The number of nitrogens with one attached hydrogen (secondary N) is 1. The minimum atomic E-state index is -0.229. The van der Waals surface area contributed by atoms with Gasteiger partial charge in [-0.15, -0.1) is 5.10 Å². The van der Waals surface area contributed by atoms with Gasteiger partial charge in [-0.25, -0.2) is 4.68 Å². The van der Waals surface area contributed by atoms with Gasteiger partial charge in [0, 0.05) is 12.3 Å². The lowest BCUT2D eigenvalue weighted by molar-refractivity contribution is -0.116. The highest BCUT2D eigenvalue weighted by Crippen LogP contribution is 2.04. The van der Waals surface area contributed by atoms with Gasteiger partial charge < -0.3 is 9.73 Å². The van der Waals surface area contributed by atoms with Crippen molar-refractivity contribution in [3.05, 3.63) is 66.6 Å². The van der Waals surface area contributed by atoms with Crippen molar-refractivity contribution in [3.8, 4) is 5.69 Å². The van der Waals surface area contributed by atoms with E-state index < -0.39 is 0 Å². The van der Waals surface area contributed by atoms with Crippen molar-refractivity contribution < 1.29 is 9.21 Å². The maximum Gasteiger partial charge on any atom is 0.244 e. The number of amides is 1. The molecular weight excluding hydrogens is 282 g/mol. The van der Waals surface area contributed by atoms with Gasteiger partial charge in [-0.3, -0.25) is 9.78 Å². The van der Waals surface area contributed by atoms with Crippen LogP contribution in [0.5, 0.6) is 0 Å². The van der Waals surface area contributed by atoms with Crippen molar-refractivity contribution in [1.29, 1.82) is 0 Å². The predicted molar refractivity (Wildman–Crippen MR) is 78.7 cm³/mol. The van der Waals surface area contributed by atoms with Crippen molar-refractivity contribution in [2.24, 2.45) is 0 Å². The van der Waals surface area contributed by atoms with Crippen LogP contribution in [-0.4, -0.2) is 25.9 Å². The molecule has 110 valence electrons. The van der Waals surface area contributed by atoms with E-state index in [1.165, 1.54) is 6.08 Å². The van der Waals surface area contributed by atoms with Crippen molar-refractivity contribution >= 4 is 12.0 Å². The van der Waals surface area contributed by atoms with Crippen LogP contribution in [0.25, 0.3) is 11.8 Å². The molecule has 0 spiro atoms. The van der Waals surface area contributed by atoms with E-state index in [0.29, 0.717) is 18.0 Å². The van der Waals surface area contributed by atoms with Crippen LogP contribution in [0.2, 0.25) is 0 Å². The fourth-order valence-corrected chi connectivity index (χ4v) is 1.78. The number of hydrogen-bond donors (Lipinski definition) is 1. The summed E-state index contributed by atoms with van der Waals surface area (Å²) in [7, 11) is 0. The standard InChI is InChI=1S/C15H13N5O2/c21-15(6-5-14-4-2-8-22-14)17-9-12-11-20(19-18-12)13-3-1-7-16-10-13/h1-8,10-11H,9H2,(H,17,21)/b6-5+. The first-order valence-electron chi connectivity index (χ1n) is 6.62. The first-order valence-corrected chi connectivity index (χ1v) is 6.62. The van der Waals surface area contributed by atoms with E-state index in [0.717, 1.165) is 5.69 Å². The molecule has 7 heteroatoms. The number of pyridine rings is 1. The summed E-state index contributed by atoms with van der Waals surface area (Å²) < 4.78 is 6.70. The van der Waals surface area contributed by atoms with E-state index in [1.54, 1.807) is 47.7 Å². The number of hydrogen-bond acceptors (Lipinski definition) is 5. The van der Waals surface area contributed by atoms with Crippen LogP contribution in [-0.2, 0) is 11.3 Å². The normalized spacial score (nSPS) is 10.9. The zero-order chi connectivity index (χ0) is 15.2. The van der Waals surface area contributed by atoms with Crippen LogP contribution in [0.15, 0.2) is 59.6 Å². The second kappa shape index (κ2) is 6.49. The van der Waals surface area contributed by atoms with Gasteiger partial charge in [-0.1, -0.05) is 5.21 Å². The van der Waals surface area contributed by atoms with Gasteiger partial charge in [0.15, 0.2) is 0 Å². The van der Waals surface area contributed by atoms with Crippen molar-refractivity contribution in [1.82, 2.24) is 25.3 Å². The molecule has 0 aliphatic carbocycles. The lowest BCUT2D eigenvalue weighted by Crippen LogP contribution is -2.20. The monoisotopic (exact) mass is 295 g/mol. The van der Waals surface area contributed by atoms with Gasteiger partial charge in [0.1, 0.15) is 11.5 Å². The summed E-state index contributed by atoms with van der Waals surface area (Å²) in [5.74, 6) is 0.394. The predicted octanol–water partition coefficient (Wildman–Crippen LogP) is 1.58. The second-order valence-electron chi connectivity index (χ2n) is 4.43. The van der Waals surface area contributed by atoms with Gasteiger partial charge in [0.05, 0.1) is 30.9 Å². The Morgan fingerprint density at radius 1 is 1.36 bits per heavy atom. The number of aromatic nitrogens is 4. The van der Waals surface area contributed by atoms with Gasteiger partial charge >= 0.3 is 0 Å². The summed E-state index contributed by atoms with van der Waals surface area (Å²) in [5.41, 5.74) is 1.47. The molecule has 0 radical (unpaired) electrons. The largest absolute Gasteiger partial charge is 0.465 e. The molecule has 3 heterocycles. The molecule has 0 saturated carbocycles. The fraction of sp³-hybridized carbons (Fsp3) is 0.0667. The maximum absolute atomic E-state index is 11.7. The Labute approximate surface area is 126 Å². The number of carbonyl (C=O) groups excluding carboxylic acids is 1. The van der Waals surface area contributed by atoms with Crippen LogP contribution in [0.4, 0.5) is 0 Å². The van der Waals surface area contributed by atoms with Crippen molar-refractivity contribution in [2.75, 3.05) is 0 Å². The minimum absolute atomic E-state index is 0.229. The van der Waals surface area contributed by atoms with E-state index in [2.05, 4.69) is 20.6 Å². The van der Waals surface area contributed by atoms with Crippen LogP contribution < -0.4 is 5.32 Å². The van der Waals surface area contributed by atoms with Gasteiger partial charge in [0.25, 0.3) is 0 Å². The maximum atomic E-state index is 11.7. The molecule has 0 aromatic carbocycles. The number of furan rings is 1. The highest BCUT2D eigenvalue weighted by molar-refractivity contribution is 5.91. The summed E-state index contributed by atoms with van der Waals surface area (Å²) in [4.78, 5) is 15.7. The van der Waals surface area contributed by atoms with Crippen molar-refractivity contribution in [3.63, 3.8) is 0 Å². The number of nitrogens with zero attached hydrogens (tertiary/aromatic N) is 4. The van der Waals surface area contributed by atoms with Gasteiger partial charge in [-0.05, 0) is 30.3 Å². The molecule has 0 fully saturated rings. The molecule has 3 aromatic heterocycles. The van der Waals surface area contributed by atoms with Crippen LogP contribution in [0.1, 0.15) is 11.5 Å². The second-order valence-corrected chi connectivity index (χ2v) is 4.43. The molecule has 1 N–H and O–H groups in total. The first-order chi connectivity index (χ1) is 10.8. The smallest absolute Gasteiger partial charge is 0.244 e. The zero-order valence-corrected chi connectivity index (χ0v) is 11.6. The molecular formula is C15H13N5O2. The van der Waals surface area contributed by atoms with E-state index >= 15 is 0 Å². The Morgan fingerprint density at radius 3 is 3.09 bits per heavy atom. The number of carbonyl (C=O) groups is 1. The SMILES string of the molecule is O=C(/C=C/c1ccco1)NCc1cn(-c2cccnc2)nn1. The Hall–Kier alpha value is -3.22. The molecule has 0 aliphatic heterocycles. The Balaban J connectivity index is 1.56. The molecule has 1 amide bonds. The average Bonchev–Trinajstić information content (AvgIpc) is 3.23. The van der Waals surface area contributed by atoms with E-state index in [1.807, 2.05) is 12.1 Å². The summed E-state index contributed by atoms with van der Waals surface area (Å²) in [6.45, 7) is 0.293. The molecule has 0 aliphatic rings. The Bertz CT molecular complexity index is 762. The van der Waals surface area contributed by atoms with E-state index in [-0.39, 0.29) is 5.91 Å². The first kappa shape index (κ1) is 13.7. The molecule has 3 rings (SSSR count). The number of rotatable bonds is 5. The lowest BCUT2D eigenvalue weighted by atomic mass is 10.3. The topological polar surface area (TPSA) is 85.8 Å². The molecule has 0 atom stereocenters. The Morgan fingerprint density at radius 2 is 2.32 bits per heavy atom. The summed E-state index contributed by atoms with van der Waals surface area (Å²) in [6.07, 6.45) is 9.67. The molecule has 0 saturated heterocycles. The van der Waals surface area contributed by atoms with E-state index in [9.17, 15) is 4.79 Å². The van der Waals surface area contributed by atoms with Crippen LogP contribution >= 0.6 is 0 Å². The quantitative estimate of drug-likeness (QED) is 0.722. The molecule has 0 unspecified atom stereocenters. The average molecular weight is 295 g/mol.